The van der Waals surface area contributed by atoms with E-state index in [1.807, 2.05) is 32.9 Å². The maximum atomic E-state index is 14.0. The number of hydroxylamine groups is 2. The summed E-state index contributed by atoms with van der Waals surface area (Å²) in [5.41, 5.74) is -2.75. The van der Waals surface area contributed by atoms with Gasteiger partial charge in [-0.3, -0.25) is 24.4 Å². The number of hydrogen-bond donors (Lipinski definition) is 2. The van der Waals surface area contributed by atoms with Crippen LogP contribution in [0.3, 0.4) is 0 Å². The first kappa shape index (κ1) is 48.6. The number of anilines is 1. The summed E-state index contributed by atoms with van der Waals surface area (Å²) in [5.74, 6) is -3.17. The SMILES string of the molecule is CC(C)(C)OC(=O)Nc1nc(/C(=N/O[C@@H](COc2ccc3nc(CC4CN(C(=O)OC(C)(C)C)C4)ccc3c2)C(=O)OC(C)(C)C)C(=O)CC2C(=O)N(OS(=O)(=O)O)C2(C)C)cs1. The Morgan fingerprint density at radius 2 is 1.60 bits per heavy atom. The Bertz CT molecular complexity index is 2370. The summed E-state index contributed by atoms with van der Waals surface area (Å²) >= 11 is 0.921. The summed E-state index contributed by atoms with van der Waals surface area (Å²) < 4.78 is 58.6. The molecule has 0 radical (unpaired) electrons. The number of oxime groups is 1. The number of nitrogens with one attached hydrogen (secondary N) is 1. The van der Waals surface area contributed by atoms with Crippen molar-refractivity contribution in [1.29, 1.82) is 0 Å². The third kappa shape index (κ3) is 13.5. The van der Waals surface area contributed by atoms with Crippen molar-refractivity contribution in [3.8, 4) is 5.75 Å². The summed E-state index contributed by atoms with van der Waals surface area (Å²) in [6.07, 6.45) is -2.59. The van der Waals surface area contributed by atoms with E-state index in [0.717, 1.165) is 22.4 Å². The molecule has 63 heavy (non-hydrogen) atoms. The third-order valence-electron chi connectivity index (χ3n) is 9.22. The van der Waals surface area contributed by atoms with Crippen LogP contribution in [0.15, 0.2) is 40.9 Å². The largest absolute Gasteiger partial charge is 0.489 e. The molecule has 1 unspecified atom stereocenters. The Morgan fingerprint density at radius 3 is 2.21 bits per heavy atom. The van der Waals surface area contributed by atoms with Crippen molar-refractivity contribution in [3.63, 3.8) is 0 Å². The smallest absolute Gasteiger partial charge is 0.418 e. The van der Waals surface area contributed by atoms with E-state index in [4.69, 9.17) is 33.3 Å². The number of likely N-dealkylation sites (tertiary alicyclic amines) is 1. The molecule has 22 heteroatoms. The second-order valence-electron chi connectivity index (χ2n) is 18.6. The third-order valence-corrected chi connectivity index (χ3v) is 10.3. The van der Waals surface area contributed by atoms with Gasteiger partial charge >= 0.3 is 28.6 Å². The number of β-lactam (4-membered cyclic amide) rings is 1. The van der Waals surface area contributed by atoms with Crippen molar-refractivity contribution < 1.29 is 65.0 Å². The van der Waals surface area contributed by atoms with Crippen LogP contribution in [-0.4, -0.2) is 117 Å². The van der Waals surface area contributed by atoms with Crippen molar-refractivity contribution in [1.82, 2.24) is 19.9 Å². The highest BCUT2D eigenvalue weighted by Gasteiger charge is 2.57. The lowest BCUT2D eigenvalue weighted by Crippen LogP contribution is -2.68. The van der Waals surface area contributed by atoms with Crippen LogP contribution in [0.1, 0.15) is 94.0 Å². The lowest BCUT2D eigenvalue weighted by molar-refractivity contribution is -0.228. The van der Waals surface area contributed by atoms with Gasteiger partial charge in [0.1, 0.15) is 34.9 Å². The molecule has 0 bridgehead atoms. The standard InChI is InChI=1S/C41H54N6O14S2/c1-38(2,3)57-34(50)31(21-56-26-14-15-28-24(17-26)12-13-25(42-28)16-23-19-46(20-23)37(52)59-40(7,8)9)60-45-32(29-22-62-35(43-29)44-36(51)58-39(4,5)6)30(48)18-27-33(49)47(41(27,10)11)61-63(53,54)55/h12-15,17,22-23,27,31H,16,18-21H2,1-11H3,(H,43,44,51)(H,53,54,55)/b45-32-/t27?,31-/m0/s1. The Kier molecular flexibility index (Phi) is 14.1. The van der Waals surface area contributed by atoms with E-state index in [2.05, 4.69) is 19.7 Å². The normalized spacial score (nSPS) is 17.6. The van der Waals surface area contributed by atoms with Crippen LogP contribution in [0, 0.1) is 11.8 Å². The average Bonchev–Trinajstić information content (AvgIpc) is 3.56. The number of thiazole rings is 1. The quantitative estimate of drug-likeness (QED) is 0.0450. The van der Waals surface area contributed by atoms with Crippen molar-refractivity contribution in [2.45, 2.75) is 117 Å². The van der Waals surface area contributed by atoms with Gasteiger partial charge in [0, 0.05) is 36.0 Å². The minimum Gasteiger partial charge on any atom is -0.489 e. The molecule has 2 aromatic heterocycles. The Balaban J connectivity index is 1.34. The predicted molar refractivity (Wildman–Crippen MR) is 228 cm³/mol. The second kappa shape index (κ2) is 18.3. The van der Waals surface area contributed by atoms with E-state index in [1.165, 1.54) is 19.2 Å². The lowest BCUT2D eigenvalue weighted by atomic mass is 9.74. The van der Waals surface area contributed by atoms with E-state index in [1.54, 1.807) is 64.6 Å². The van der Waals surface area contributed by atoms with Gasteiger partial charge in [0.15, 0.2) is 16.6 Å². The van der Waals surface area contributed by atoms with E-state index < -0.39 is 87.3 Å². The number of carbonyl (C=O) groups excluding carboxylic acids is 5. The van der Waals surface area contributed by atoms with Gasteiger partial charge in [-0.05, 0) is 113 Å². The number of amides is 3. The number of aromatic nitrogens is 2. The number of Topliss-reactive ketones (excluding diaryl/α,β-unsaturated/α-hetero) is 1. The van der Waals surface area contributed by atoms with E-state index in [-0.39, 0.29) is 22.8 Å². The van der Waals surface area contributed by atoms with Gasteiger partial charge in [-0.15, -0.1) is 15.6 Å². The highest BCUT2D eigenvalue weighted by Crippen LogP contribution is 2.41. The van der Waals surface area contributed by atoms with Crippen LogP contribution in [-0.2, 0) is 54.5 Å². The van der Waals surface area contributed by atoms with Gasteiger partial charge < -0.3 is 28.7 Å². The minimum absolute atomic E-state index is 0.0188. The number of rotatable bonds is 15. The molecule has 2 saturated heterocycles. The molecule has 2 N–H and O–H groups in total. The monoisotopic (exact) mass is 918 g/mol. The average molecular weight is 919 g/mol. The van der Waals surface area contributed by atoms with Crippen LogP contribution in [0.25, 0.3) is 10.9 Å². The Morgan fingerprint density at radius 1 is 0.952 bits per heavy atom. The zero-order valence-electron chi connectivity index (χ0n) is 37.0. The van der Waals surface area contributed by atoms with E-state index in [9.17, 15) is 32.4 Å². The summed E-state index contributed by atoms with van der Waals surface area (Å²) in [6.45, 7) is 19.0. The molecule has 0 aliphatic carbocycles. The van der Waals surface area contributed by atoms with Gasteiger partial charge in [-0.2, -0.15) is 13.5 Å². The topological polar surface area (TPSA) is 252 Å². The highest BCUT2D eigenvalue weighted by molar-refractivity contribution is 7.80. The fraction of sp³-hybridized carbons (Fsp3) is 0.561. The van der Waals surface area contributed by atoms with Gasteiger partial charge in [0.25, 0.3) is 12.0 Å². The molecular formula is C41H54N6O14S2. The predicted octanol–water partition coefficient (Wildman–Crippen LogP) is 5.89. The Hall–Kier alpha value is -5.45. The number of carbonyl (C=O) groups is 5. The summed E-state index contributed by atoms with van der Waals surface area (Å²) in [5, 5.41) is 9.11. The first-order chi connectivity index (χ1) is 29.0. The number of esters is 1. The maximum absolute atomic E-state index is 14.0. The van der Waals surface area contributed by atoms with Crippen LogP contribution < -0.4 is 10.1 Å². The number of benzene rings is 1. The number of hydrogen-bond acceptors (Lipinski definition) is 17. The molecular weight excluding hydrogens is 865 g/mol. The zero-order valence-corrected chi connectivity index (χ0v) is 38.7. The van der Waals surface area contributed by atoms with Gasteiger partial charge in [0.05, 0.1) is 17.0 Å². The molecule has 0 spiro atoms. The van der Waals surface area contributed by atoms with Crippen LogP contribution in [0.5, 0.6) is 5.75 Å². The van der Waals surface area contributed by atoms with Crippen LogP contribution in [0.2, 0.25) is 0 Å². The van der Waals surface area contributed by atoms with Crippen LogP contribution in [0.4, 0.5) is 14.7 Å². The molecule has 2 aliphatic heterocycles. The fourth-order valence-electron chi connectivity index (χ4n) is 6.34. The molecule has 5 rings (SSSR count). The van der Waals surface area contributed by atoms with Crippen LogP contribution >= 0.6 is 11.3 Å². The summed E-state index contributed by atoms with van der Waals surface area (Å²) in [6, 6.07) is 8.94. The van der Waals surface area contributed by atoms with Gasteiger partial charge in [0.2, 0.25) is 0 Å². The minimum atomic E-state index is -5.06. The molecule has 20 nitrogen and oxygen atoms in total. The molecule has 0 saturated carbocycles. The fourth-order valence-corrected chi connectivity index (χ4v) is 7.47. The molecule has 1 aromatic carbocycles. The molecule has 2 fully saturated rings. The number of ether oxygens (including phenoxy) is 4. The van der Waals surface area contributed by atoms with Gasteiger partial charge in [-0.1, -0.05) is 11.2 Å². The summed E-state index contributed by atoms with van der Waals surface area (Å²) in [4.78, 5) is 81.7. The number of ketones is 1. The Labute approximate surface area is 369 Å². The summed E-state index contributed by atoms with van der Waals surface area (Å²) in [7, 11) is -5.06. The molecule has 344 valence electrons. The number of pyridine rings is 1. The molecule has 3 amide bonds. The van der Waals surface area contributed by atoms with Crippen molar-refractivity contribution in [2.24, 2.45) is 17.0 Å². The van der Waals surface area contributed by atoms with E-state index >= 15 is 0 Å². The number of nitrogens with zero attached hydrogens (tertiary/aromatic N) is 5. The highest BCUT2D eigenvalue weighted by atomic mass is 32.3. The lowest BCUT2D eigenvalue weighted by Gasteiger charge is -2.50. The van der Waals surface area contributed by atoms with E-state index in [0.29, 0.717) is 35.8 Å². The van der Waals surface area contributed by atoms with Crippen molar-refractivity contribution >= 4 is 73.3 Å². The molecule has 2 atom stereocenters. The molecule has 4 heterocycles. The number of fused-ring (bicyclic) bond motifs is 1. The van der Waals surface area contributed by atoms with Crippen molar-refractivity contribution in [3.05, 3.63) is 47.1 Å². The maximum Gasteiger partial charge on any atom is 0.418 e. The zero-order chi connectivity index (χ0) is 46.9. The second-order valence-corrected chi connectivity index (χ2v) is 20.5. The van der Waals surface area contributed by atoms with Gasteiger partial charge in [-0.25, -0.2) is 19.4 Å². The first-order valence-corrected chi connectivity index (χ1v) is 22.2. The molecule has 3 aromatic rings. The van der Waals surface area contributed by atoms with Crippen molar-refractivity contribution in [2.75, 3.05) is 25.0 Å². The first-order valence-electron chi connectivity index (χ1n) is 19.9. The molecule has 2 aliphatic rings.